The number of rotatable bonds is 44. The van der Waals surface area contributed by atoms with Crippen LogP contribution in [0.25, 0.3) is 0 Å². The number of aliphatic hydroxyl groups is 1. The molecule has 3 atom stereocenters. The van der Waals surface area contributed by atoms with Crippen LogP contribution in [0.2, 0.25) is 0 Å². The van der Waals surface area contributed by atoms with Crippen molar-refractivity contribution in [3.63, 3.8) is 0 Å². The average molecular weight is 856 g/mol. The van der Waals surface area contributed by atoms with E-state index in [4.69, 9.17) is 13.8 Å². The van der Waals surface area contributed by atoms with Crippen molar-refractivity contribution in [3.8, 4) is 0 Å². The summed E-state index contributed by atoms with van der Waals surface area (Å²) in [5, 5.41) is 21.8. The topological polar surface area (TPSA) is 169 Å². The normalized spacial score (nSPS) is 14.0. The lowest BCUT2D eigenvalue weighted by Gasteiger charge is -2.18. The van der Waals surface area contributed by atoms with E-state index in [1.807, 2.05) is 0 Å². The molecule has 0 aromatic rings. The number of aliphatic carboxylic acids is 1. The molecule has 59 heavy (non-hydrogen) atoms. The maximum absolute atomic E-state index is 12.3. The minimum Gasteiger partial charge on any atom is -0.480 e. The van der Waals surface area contributed by atoms with Gasteiger partial charge >= 0.3 is 19.8 Å². The minimum atomic E-state index is -4.76. The Morgan fingerprint density at radius 3 is 1.44 bits per heavy atom. The second kappa shape index (κ2) is 42.4. The van der Waals surface area contributed by atoms with Gasteiger partial charge in [0.1, 0.15) is 12.7 Å². The molecule has 0 saturated heterocycles. The number of amides is 1. The lowest BCUT2D eigenvalue weighted by Crippen LogP contribution is -2.43. The van der Waals surface area contributed by atoms with Crippen molar-refractivity contribution >= 4 is 25.7 Å². The van der Waals surface area contributed by atoms with Crippen molar-refractivity contribution in [3.05, 3.63) is 36.5 Å². The second-order valence-electron chi connectivity index (χ2n) is 15.9. The molecule has 0 bridgehead atoms. The van der Waals surface area contributed by atoms with Crippen molar-refractivity contribution < 1.29 is 47.8 Å². The standard InChI is InChI=1S/C47H86NO10P/c1-3-5-7-9-11-13-15-17-19-20-21-22-23-24-25-27-29-31-33-35-37-39-46(51)56-40-43(49)41-57-59(54,55)58-42-44(47(52)53)48-45(50)38-36-34-32-30-28-26-18-16-14-12-10-8-6-4-2/h10,12,16-19,43-44,49H,3-9,11,13-15,20-42H2,1-2H3,(H,48,50)(H,52,53)(H,54,55)/b12-10-,18-16-,19-17+. The van der Waals surface area contributed by atoms with Gasteiger partial charge in [-0.05, 0) is 64.2 Å². The number of nitrogens with one attached hydrogen (secondary N) is 1. The smallest absolute Gasteiger partial charge is 0.472 e. The number of aliphatic hydroxyl groups excluding tert-OH is 1. The highest BCUT2D eigenvalue weighted by atomic mass is 31.2. The summed E-state index contributed by atoms with van der Waals surface area (Å²) in [4.78, 5) is 45.9. The molecular formula is C47H86NO10P. The van der Waals surface area contributed by atoms with Gasteiger partial charge in [-0.1, -0.05) is 172 Å². The molecular weight excluding hydrogens is 769 g/mol. The summed E-state index contributed by atoms with van der Waals surface area (Å²) in [6.45, 7) is 2.55. The maximum atomic E-state index is 12.3. The number of phosphoric acid groups is 1. The molecule has 0 aromatic heterocycles. The van der Waals surface area contributed by atoms with Gasteiger partial charge in [-0.3, -0.25) is 18.6 Å². The van der Waals surface area contributed by atoms with E-state index in [2.05, 4.69) is 55.6 Å². The summed E-state index contributed by atoms with van der Waals surface area (Å²) < 4.78 is 26.9. The van der Waals surface area contributed by atoms with Gasteiger partial charge in [-0.15, -0.1) is 0 Å². The molecule has 0 heterocycles. The molecule has 0 spiro atoms. The van der Waals surface area contributed by atoms with Gasteiger partial charge in [0.25, 0.3) is 0 Å². The van der Waals surface area contributed by atoms with Gasteiger partial charge in [-0.25, -0.2) is 9.36 Å². The predicted molar refractivity (Wildman–Crippen MR) is 240 cm³/mol. The average Bonchev–Trinajstić information content (AvgIpc) is 3.21. The molecule has 0 aromatic carbocycles. The van der Waals surface area contributed by atoms with Crippen LogP contribution in [-0.4, -0.2) is 64.9 Å². The molecule has 0 aliphatic heterocycles. The summed E-state index contributed by atoms with van der Waals surface area (Å²) in [6, 6.07) is -1.55. The molecule has 3 unspecified atom stereocenters. The molecule has 0 aliphatic rings. The fourth-order valence-corrected chi connectivity index (χ4v) is 7.22. The summed E-state index contributed by atoms with van der Waals surface area (Å²) in [7, 11) is -4.76. The van der Waals surface area contributed by atoms with Crippen LogP contribution in [0.15, 0.2) is 36.5 Å². The fourth-order valence-electron chi connectivity index (χ4n) is 6.44. The summed E-state index contributed by atoms with van der Waals surface area (Å²) in [6.07, 6.45) is 46.0. The highest BCUT2D eigenvalue weighted by Gasteiger charge is 2.28. The molecule has 344 valence electrons. The Bertz CT molecular complexity index is 1140. The predicted octanol–water partition coefficient (Wildman–Crippen LogP) is 12.4. The number of phosphoric ester groups is 1. The van der Waals surface area contributed by atoms with Crippen LogP contribution >= 0.6 is 7.82 Å². The van der Waals surface area contributed by atoms with Crippen LogP contribution in [0, 0.1) is 0 Å². The molecule has 0 aliphatic carbocycles. The van der Waals surface area contributed by atoms with Gasteiger partial charge in [0.05, 0.1) is 13.2 Å². The van der Waals surface area contributed by atoms with E-state index in [1.54, 1.807) is 0 Å². The molecule has 0 saturated carbocycles. The van der Waals surface area contributed by atoms with Gasteiger partial charge in [0.15, 0.2) is 6.04 Å². The van der Waals surface area contributed by atoms with Crippen LogP contribution in [0.4, 0.5) is 0 Å². The van der Waals surface area contributed by atoms with E-state index in [0.717, 1.165) is 64.2 Å². The van der Waals surface area contributed by atoms with E-state index in [-0.39, 0.29) is 12.8 Å². The number of carboxylic acid groups (broad SMARTS) is 1. The Labute approximate surface area is 359 Å². The van der Waals surface area contributed by atoms with E-state index < -0.39 is 57.6 Å². The molecule has 12 heteroatoms. The molecule has 0 rings (SSSR count). The second-order valence-corrected chi connectivity index (χ2v) is 17.4. The zero-order chi connectivity index (χ0) is 43.5. The third kappa shape index (κ3) is 42.2. The van der Waals surface area contributed by atoms with Crippen molar-refractivity contribution in [1.29, 1.82) is 0 Å². The van der Waals surface area contributed by atoms with Gasteiger partial charge in [0, 0.05) is 12.8 Å². The first kappa shape index (κ1) is 56.7. The quantitative estimate of drug-likeness (QED) is 0.0200. The number of carbonyl (C=O) groups excluding carboxylic acids is 2. The first-order chi connectivity index (χ1) is 28.6. The Balaban J connectivity index is 3.84. The largest absolute Gasteiger partial charge is 0.480 e. The SMILES string of the molecule is CCCC/C=C\C/C=C\CCCCCCCC(=O)NC(COP(=O)(O)OCC(O)COC(=O)CCCCCCCCCCCCC/C=C/CCCCCCCC)C(=O)O. The van der Waals surface area contributed by atoms with Crippen LogP contribution in [0.3, 0.4) is 0 Å². The van der Waals surface area contributed by atoms with Crippen molar-refractivity contribution in [2.45, 2.75) is 225 Å². The molecule has 1 amide bonds. The Kier molecular flexibility index (Phi) is 40.7. The Morgan fingerprint density at radius 2 is 0.949 bits per heavy atom. The maximum Gasteiger partial charge on any atom is 0.472 e. The summed E-state index contributed by atoms with van der Waals surface area (Å²) in [5.74, 6) is -2.39. The first-order valence-corrected chi connectivity index (χ1v) is 25.0. The minimum absolute atomic E-state index is 0.129. The molecule has 11 nitrogen and oxygen atoms in total. The number of carboxylic acids is 1. The number of hydrogen-bond acceptors (Lipinski definition) is 8. The number of hydrogen-bond donors (Lipinski definition) is 4. The van der Waals surface area contributed by atoms with Gasteiger partial charge in [0.2, 0.25) is 5.91 Å². The van der Waals surface area contributed by atoms with Gasteiger partial charge < -0.3 is 25.2 Å². The lowest BCUT2D eigenvalue weighted by atomic mass is 10.0. The third-order valence-electron chi connectivity index (χ3n) is 10.2. The first-order valence-electron chi connectivity index (χ1n) is 23.5. The highest BCUT2D eigenvalue weighted by molar-refractivity contribution is 7.47. The van der Waals surface area contributed by atoms with E-state index >= 15 is 0 Å². The lowest BCUT2D eigenvalue weighted by molar-refractivity contribution is -0.147. The number of allylic oxidation sites excluding steroid dienone is 6. The number of unbranched alkanes of at least 4 members (excludes halogenated alkanes) is 24. The molecule has 4 N–H and O–H groups in total. The summed E-state index contributed by atoms with van der Waals surface area (Å²) in [5.41, 5.74) is 0. The van der Waals surface area contributed by atoms with E-state index in [1.165, 1.54) is 109 Å². The van der Waals surface area contributed by atoms with Crippen LogP contribution in [0.5, 0.6) is 0 Å². The zero-order valence-electron chi connectivity index (χ0n) is 37.3. The van der Waals surface area contributed by atoms with E-state index in [9.17, 15) is 34.1 Å². The highest BCUT2D eigenvalue weighted by Crippen LogP contribution is 2.43. The van der Waals surface area contributed by atoms with Crippen molar-refractivity contribution in [2.75, 3.05) is 19.8 Å². The van der Waals surface area contributed by atoms with Crippen LogP contribution in [-0.2, 0) is 32.7 Å². The molecule has 0 radical (unpaired) electrons. The Hall–Kier alpha value is -2.30. The van der Waals surface area contributed by atoms with Gasteiger partial charge in [-0.2, -0.15) is 0 Å². The fraction of sp³-hybridized carbons (Fsp3) is 0.809. The van der Waals surface area contributed by atoms with Crippen molar-refractivity contribution in [2.24, 2.45) is 0 Å². The zero-order valence-corrected chi connectivity index (χ0v) is 38.2. The monoisotopic (exact) mass is 856 g/mol. The van der Waals surface area contributed by atoms with Crippen molar-refractivity contribution in [1.82, 2.24) is 5.32 Å². The third-order valence-corrected chi connectivity index (χ3v) is 11.1. The van der Waals surface area contributed by atoms with Crippen LogP contribution < -0.4 is 5.32 Å². The number of carbonyl (C=O) groups is 3. The van der Waals surface area contributed by atoms with E-state index in [0.29, 0.717) is 12.8 Å². The Morgan fingerprint density at radius 1 is 0.542 bits per heavy atom. The number of esters is 1. The number of ether oxygens (including phenoxy) is 1. The molecule has 0 fully saturated rings. The summed E-state index contributed by atoms with van der Waals surface area (Å²) >= 11 is 0. The van der Waals surface area contributed by atoms with Crippen LogP contribution in [0.1, 0.15) is 213 Å².